The fourth-order valence-corrected chi connectivity index (χ4v) is 3.78. The number of halogens is 2. The van der Waals surface area contributed by atoms with Crippen LogP contribution in [0.15, 0.2) is 51.9 Å². The minimum atomic E-state index is -4.38. The van der Waals surface area contributed by atoms with Crippen molar-refractivity contribution in [1.82, 2.24) is 5.16 Å². The second-order valence-electron chi connectivity index (χ2n) is 5.89. The largest absolute Gasteiger partial charge is 0.495 e. The maximum atomic E-state index is 13.9. The number of benzene rings is 2. The van der Waals surface area contributed by atoms with E-state index in [1.54, 1.807) is 6.92 Å². The van der Waals surface area contributed by atoms with Crippen LogP contribution >= 0.6 is 0 Å². The van der Waals surface area contributed by atoms with Crippen LogP contribution in [0.25, 0.3) is 11.3 Å². The smallest absolute Gasteiger partial charge is 0.360 e. The van der Waals surface area contributed by atoms with Gasteiger partial charge in [-0.1, -0.05) is 5.16 Å². The average molecular weight is 438 g/mol. The highest BCUT2D eigenvalue weighted by Crippen LogP contribution is 2.32. The summed E-state index contributed by atoms with van der Waals surface area (Å²) in [7, 11) is -3.13. The summed E-state index contributed by atoms with van der Waals surface area (Å²) in [5.74, 6) is -2.42. The molecule has 11 heteroatoms. The van der Waals surface area contributed by atoms with Gasteiger partial charge in [-0.05, 0) is 37.3 Å². The molecule has 1 aromatic heterocycles. The zero-order valence-corrected chi connectivity index (χ0v) is 16.6. The topological polar surface area (TPSA) is 108 Å². The van der Waals surface area contributed by atoms with Gasteiger partial charge in [-0.15, -0.1) is 0 Å². The molecule has 0 spiro atoms. The maximum absolute atomic E-state index is 13.9. The zero-order valence-electron chi connectivity index (χ0n) is 15.8. The first-order chi connectivity index (χ1) is 14.2. The fourth-order valence-electron chi connectivity index (χ4n) is 2.53. The summed E-state index contributed by atoms with van der Waals surface area (Å²) in [5.41, 5.74) is -0.405. The van der Waals surface area contributed by atoms with E-state index in [0.29, 0.717) is 6.07 Å². The van der Waals surface area contributed by atoms with Gasteiger partial charge in [0.25, 0.3) is 10.0 Å². The standard InChI is InChI=1S/C19H16F2N2O6S/c1-3-28-19(24)15-10-17(29-22-15)11-4-7-16(27-2)18(8-11)30(25,26)23-14-9-12(20)5-6-13(14)21/h4-10,23H,3H2,1-2H3. The summed E-state index contributed by atoms with van der Waals surface area (Å²) in [6.45, 7) is 1.78. The van der Waals surface area contributed by atoms with Gasteiger partial charge in [0.15, 0.2) is 11.5 Å². The Morgan fingerprint density at radius 3 is 2.63 bits per heavy atom. The predicted octanol–water partition coefficient (Wildman–Crippen LogP) is 3.61. The molecule has 0 saturated carbocycles. The van der Waals surface area contributed by atoms with Crippen LogP contribution in [0.5, 0.6) is 5.75 Å². The quantitative estimate of drug-likeness (QED) is 0.562. The number of ether oxygens (including phenoxy) is 2. The van der Waals surface area contributed by atoms with Gasteiger partial charge in [0, 0.05) is 17.7 Å². The molecule has 0 atom stereocenters. The number of nitrogens with zero attached hydrogens (tertiary/aromatic N) is 1. The number of carbonyl (C=O) groups is 1. The molecular formula is C19H16F2N2O6S. The Balaban J connectivity index is 2.00. The molecule has 3 aromatic rings. The van der Waals surface area contributed by atoms with E-state index in [1.807, 2.05) is 4.72 Å². The number of hydrogen-bond acceptors (Lipinski definition) is 7. The first-order valence-electron chi connectivity index (χ1n) is 8.55. The molecule has 0 aliphatic heterocycles. The van der Waals surface area contributed by atoms with E-state index < -0.39 is 33.3 Å². The van der Waals surface area contributed by atoms with E-state index in [9.17, 15) is 22.0 Å². The Kier molecular flexibility index (Phi) is 6.01. The molecule has 3 rings (SSSR count). The van der Waals surface area contributed by atoms with E-state index in [2.05, 4.69) is 5.16 Å². The molecule has 8 nitrogen and oxygen atoms in total. The molecule has 30 heavy (non-hydrogen) atoms. The van der Waals surface area contributed by atoms with Gasteiger partial charge in [0.05, 0.1) is 19.4 Å². The van der Waals surface area contributed by atoms with Crippen LogP contribution in [0.2, 0.25) is 0 Å². The second kappa shape index (κ2) is 8.49. The Hall–Kier alpha value is -3.47. The lowest BCUT2D eigenvalue weighted by molar-refractivity contribution is 0.0514. The van der Waals surface area contributed by atoms with Crippen molar-refractivity contribution in [1.29, 1.82) is 0 Å². The lowest BCUT2D eigenvalue weighted by Crippen LogP contribution is -2.15. The molecule has 0 unspecified atom stereocenters. The van der Waals surface area contributed by atoms with Crippen molar-refractivity contribution in [3.05, 3.63) is 59.8 Å². The van der Waals surface area contributed by atoms with Crippen molar-refractivity contribution in [3.8, 4) is 17.1 Å². The van der Waals surface area contributed by atoms with Crippen LogP contribution in [-0.2, 0) is 14.8 Å². The number of methoxy groups -OCH3 is 1. The number of aromatic nitrogens is 1. The number of carbonyl (C=O) groups excluding carboxylic acids is 1. The van der Waals surface area contributed by atoms with Crippen molar-refractivity contribution in [2.24, 2.45) is 0 Å². The molecule has 0 fully saturated rings. The van der Waals surface area contributed by atoms with Crippen molar-refractivity contribution >= 4 is 21.7 Å². The zero-order chi connectivity index (χ0) is 21.9. The van der Waals surface area contributed by atoms with Gasteiger partial charge in [0.2, 0.25) is 0 Å². The number of anilines is 1. The van der Waals surface area contributed by atoms with Crippen LogP contribution in [0.3, 0.4) is 0 Å². The van der Waals surface area contributed by atoms with Crippen LogP contribution < -0.4 is 9.46 Å². The monoisotopic (exact) mass is 438 g/mol. The summed E-state index contributed by atoms with van der Waals surface area (Å²) in [5, 5.41) is 3.60. The van der Waals surface area contributed by atoms with Crippen LogP contribution in [0.4, 0.5) is 14.5 Å². The van der Waals surface area contributed by atoms with E-state index in [0.717, 1.165) is 12.1 Å². The summed E-state index contributed by atoms with van der Waals surface area (Å²) in [6.07, 6.45) is 0. The lowest BCUT2D eigenvalue weighted by atomic mass is 10.1. The van der Waals surface area contributed by atoms with Crippen molar-refractivity contribution in [3.63, 3.8) is 0 Å². The molecule has 2 aromatic carbocycles. The Bertz CT molecular complexity index is 1190. The number of rotatable bonds is 7. The molecule has 0 amide bonds. The van der Waals surface area contributed by atoms with E-state index in [4.69, 9.17) is 14.0 Å². The molecule has 0 aliphatic rings. The van der Waals surface area contributed by atoms with Crippen molar-refractivity contribution in [2.45, 2.75) is 11.8 Å². The van der Waals surface area contributed by atoms with Gasteiger partial charge in [0.1, 0.15) is 22.3 Å². The molecule has 0 bridgehead atoms. The highest BCUT2D eigenvalue weighted by Gasteiger charge is 2.24. The molecule has 158 valence electrons. The first-order valence-corrected chi connectivity index (χ1v) is 10.0. The van der Waals surface area contributed by atoms with Crippen LogP contribution in [0, 0.1) is 11.6 Å². The highest BCUT2D eigenvalue weighted by atomic mass is 32.2. The molecule has 0 aliphatic carbocycles. The minimum absolute atomic E-state index is 0.0480. The van der Waals surface area contributed by atoms with E-state index in [-0.39, 0.29) is 34.3 Å². The van der Waals surface area contributed by atoms with Crippen LogP contribution in [-0.4, -0.2) is 33.3 Å². The van der Waals surface area contributed by atoms with Gasteiger partial charge in [-0.3, -0.25) is 4.72 Å². The summed E-state index contributed by atoms with van der Waals surface area (Å²) in [6, 6.07) is 7.68. The average Bonchev–Trinajstić information content (AvgIpc) is 3.20. The minimum Gasteiger partial charge on any atom is -0.495 e. The normalized spacial score (nSPS) is 11.2. The molecule has 1 heterocycles. The van der Waals surface area contributed by atoms with Crippen molar-refractivity contribution < 1.29 is 36.0 Å². The first kappa shape index (κ1) is 21.2. The summed E-state index contributed by atoms with van der Waals surface area (Å²) < 4.78 is 69.9. The van der Waals surface area contributed by atoms with Gasteiger partial charge in [-0.25, -0.2) is 22.0 Å². The second-order valence-corrected chi connectivity index (χ2v) is 7.54. The van der Waals surface area contributed by atoms with Gasteiger partial charge in [-0.2, -0.15) is 0 Å². The van der Waals surface area contributed by atoms with E-state index in [1.165, 1.54) is 31.4 Å². The van der Waals surface area contributed by atoms with Gasteiger partial charge < -0.3 is 14.0 Å². The molecule has 0 saturated heterocycles. The predicted molar refractivity (Wildman–Crippen MR) is 102 cm³/mol. The van der Waals surface area contributed by atoms with Crippen LogP contribution in [0.1, 0.15) is 17.4 Å². The summed E-state index contributed by atoms with van der Waals surface area (Å²) in [4.78, 5) is 11.4. The Labute approximate surface area is 170 Å². The lowest BCUT2D eigenvalue weighted by Gasteiger charge is -2.13. The number of nitrogens with one attached hydrogen (secondary N) is 1. The Morgan fingerprint density at radius 2 is 1.93 bits per heavy atom. The third-order valence-electron chi connectivity index (χ3n) is 3.91. The Morgan fingerprint density at radius 1 is 1.17 bits per heavy atom. The molecular weight excluding hydrogens is 422 g/mol. The number of esters is 1. The highest BCUT2D eigenvalue weighted by molar-refractivity contribution is 7.92. The third-order valence-corrected chi connectivity index (χ3v) is 5.29. The van der Waals surface area contributed by atoms with Gasteiger partial charge >= 0.3 is 5.97 Å². The summed E-state index contributed by atoms with van der Waals surface area (Å²) >= 11 is 0. The fraction of sp³-hybridized carbons (Fsp3) is 0.158. The third kappa shape index (κ3) is 4.40. The van der Waals surface area contributed by atoms with Crippen molar-refractivity contribution in [2.75, 3.05) is 18.4 Å². The molecule has 1 N–H and O–H groups in total. The SMILES string of the molecule is CCOC(=O)c1cc(-c2ccc(OC)c(S(=O)(=O)Nc3cc(F)ccc3F)c2)on1. The van der Waals surface area contributed by atoms with E-state index >= 15 is 0 Å². The molecule has 0 radical (unpaired) electrons. The number of sulfonamides is 1. The maximum Gasteiger partial charge on any atom is 0.360 e. The number of hydrogen-bond donors (Lipinski definition) is 1.